The number of nitrogens with one attached hydrogen (secondary N) is 2. The Labute approximate surface area is 221 Å². The standard InChI is InChI=1S/C26H33N11O/c1-35(17-18-9-10-19-7-6-8-20(19)13-18)12-5-4-11-27-26(38)28-23-15-21(24-29-31-33-36(24)2)14-22(16-23)25-30-32-34-37(25)3/h9-10,13-16H,4-8,11-12,17H2,1-3H3,(H2,27,28,38). The number of anilines is 1. The highest BCUT2D eigenvalue weighted by Crippen LogP contribution is 2.28. The van der Waals surface area contributed by atoms with E-state index in [1.54, 1.807) is 23.5 Å². The van der Waals surface area contributed by atoms with E-state index in [9.17, 15) is 4.79 Å². The molecule has 12 nitrogen and oxygen atoms in total. The predicted octanol–water partition coefficient (Wildman–Crippen LogP) is 2.59. The third kappa shape index (κ3) is 6.02. The van der Waals surface area contributed by atoms with Crippen LogP contribution in [0.15, 0.2) is 36.4 Å². The Morgan fingerprint density at radius 3 is 2.26 bits per heavy atom. The number of nitrogens with zero attached hydrogens (tertiary/aromatic N) is 9. The Hall–Kier alpha value is -4.19. The molecule has 0 saturated heterocycles. The summed E-state index contributed by atoms with van der Waals surface area (Å²) in [5, 5.41) is 29.3. The average molecular weight is 516 g/mol. The Bertz CT molecular complexity index is 1350. The third-order valence-electron chi connectivity index (χ3n) is 6.82. The highest BCUT2D eigenvalue weighted by atomic mass is 16.2. The summed E-state index contributed by atoms with van der Waals surface area (Å²) in [6.07, 6.45) is 5.60. The number of rotatable bonds is 10. The van der Waals surface area contributed by atoms with Crippen molar-refractivity contribution >= 4 is 11.7 Å². The molecule has 2 amide bonds. The van der Waals surface area contributed by atoms with Crippen LogP contribution in [0.2, 0.25) is 0 Å². The van der Waals surface area contributed by atoms with Gasteiger partial charge in [0.15, 0.2) is 11.6 Å². The zero-order chi connectivity index (χ0) is 26.5. The molecule has 0 saturated carbocycles. The molecule has 0 bridgehead atoms. The number of urea groups is 1. The van der Waals surface area contributed by atoms with Crippen LogP contribution in [0, 0.1) is 0 Å². The Kier molecular flexibility index (Phi) is 7.68. The zero-order valence-electron chi connectivity index (χ0n) is 22.1. The van der Waals surface area contributed by atoms with Gasteiger partial charge >= 0.3 is 6.03 Å². The molecule has 0 atom stereocenters. The van der Waals surface area contributed by atoms with E-state index < -0.39 is 0 Å². The number of hydrogen-bond donors (Lipinski definition) is 2. The van der Waals surface area contributed by atoms with Gasteiger partial charge in [-0.25, -0.2) is 14.2 Å². The SMILES string of the molecule is CN(CCCCNC(=O)Nc1cc(-c2nnnn2C)cc(-c2nnnn2C)c1)Cc1ccc2c(c1)CCC2. The van der Waals surface area contributed by atoms with Crippen LogP contribution in [-0.2, 0) is 33.5 Å². The lowest BCUT2D eigenvalue weighted by Crippen LogP contribution is -2.30. The molecule has 0 aliphatic heterocycles. The molecule has 12 heteroatoms. The van der Waals surface area contributed by atoms with E-state index in [1.807, 2.05) is 18.2 Å². The number of fused-ring (bicyclic) bond motifs is 1. The van der Waals surface area contributed by atoms with Crippen molar-refractivity contribution in [1.29, 1.82) is 0 Å². The number of carbonyl (C=O) groups excluding carboxylic acids is 1. The lowest BCUT2D eigenvalue weighted by Gasteiger charge is -2.17. The van der Waals surface area contributed by atoms with Crippen molar-refractivity contribution in [2.24, 2.45) is 14.1 Å². The maximum absolute atomic E-state index is 12.6. The number of hydrogen-bond acceptors (Lipinski definition) is 8. The molecule has 2 aromatic heterocycles. The van der Waals surface area contributed by atoms with Gasteiger partial charge in [0.05, 0.1) is 0 Å². The van der Waals surface area contributed by atoms with Crippen LogP contribution >= 0.6 is 0 Å². The molecule has 1 aliphatic carbocycles. The molecule has 0 unspecified atom stereocenters. The van der Waals surface area contributed by atoms with Crippen molar-refractivity contribution in [3.05, 3.63) is 53.1 Å². The first kappa shape index (κ1) is 25.5. The maximum atomic E-state index is 12.6. The van der Waals surface area contributed by atoms with Gasteiger partial charge in [0.25, 0.3) is 0 Å². The number of benzene rings is 2. The van der Waals surface area contributed by atoms with Crippen molar-refractivity contribution in [3.8, 4) is 22.8 Å². The predicted molar refractivity (Wildman–Crippen MR) is 143 cm³/mol. The minimum Gasteiger partial charge on any atom is -0.338 e. The van der Waals surface area contributed by atoms with Gasteiger partial charge in [-0.2, -0.15) is 0 Å². The molecule has 1 aliphatic rings. The summed E-state index contributed by atoms with van der Waals surface area (Å²) in [5.74, 6) is 1.13. The summed E-state index contributed by atoms with van der Waals surface area (Å²) in [4.78, 5) is 15.0. The lowest BCUT2D eigenvalue weighted by molar-refractivity contribution is 0.251. The van der Waals surface area contributed by atoms with Crippen LogP contribution in [0.25, 0.3) is 22.8 Å². The summed E-state index contributed by atoms with van der Waals surface area (Å²) in [6, 6.07) is 12.2. The van der Waals surface area contributed by atoms with Crippen LogP contribution in [0.3, 0.4) is 0 Å². The molecule has 4 aromatic rings. The average Bonchev–Trinajstić information content (AvgIpc) is 3.64. The monoisotopic (exact) mass is 515 g/mol. The fraction of sp³-hybridized carbons (Fsp3) is 0.423. The normalized spacial score (nSPS) is 12.6. The number of tetrazole rings is 2. The number of aromatic nitrogens is 8. The second-order valence-corrected chi connectivity index (χ2v) is 9.83. The molecule has 5 rings (SSSR count). The minimum atomic E-state index is -0.272. The van der Waals surface area contributed by atoms with Crippen molar-refractivity contribution in [2.45, 2.75) is 38.6 Å². The topological polar surface area (TPSA) is 132 Å². The second-order valence-electron chi connectivity index (χ2n) is 9.83. The molecule has 0 spiro atoms. The van der Waals surface area contributed by atoms with Crippen LogP contribution in [0.4, 0.5) is 10.5 Å². The number of amides is 2. The molecule has 2 heterocycles. The molecule has 38 heavy (non-hydrogen) atoms. The number of aryl methyl sites for hydroxylation is 4. The minimum absolute atomic E-state index is 0.272. The van der Waals surface area contributed by atoms with Gasteiger partial charge in [-0.3, -0.25) is 0 Å². The highest BCUT2D eigenvalue weighted by molar-refractivity contribution is 5.91. The molecular formula is C26H33N11O. The molecular weight excluding hydrogens is 482 g/mol. The van der Waals surface area contributed by atoms with Gasteiger partial charge in [0, 0.05) is 44.0 Å². The summed E-state index contributed by atoms with van der Waals surface area (Å²) in [6.45, 7) is 2.51. The summed E-state index contributed by atoms with van der Waals surface area (Å²) >= 11 is 0. The van der Waals surface area contributed by atoms with Crippen molar-refractivity contribution in [3.63, 3.8) is 0 Å². The van der Waals surface area contributed by atoms with E-state index in [0.29, 0.717) is 23.9 Å². The van der Waals surface area contributed by atoms with Crippen molar-refractivity contribution < 1.29 is 4.79 Å². The number of unbranched alkanes of at least 4 members (excludes halogenated alkanes) is 1. The van der Waals surface area contributed by atoms with E-state index >= 15 is 0 Å². The van der Waals surface area contributed by atoms with Gasteiger partial charge in [0.2, 0.25) is 0 Å². The van der Waals surface area contributed by atoms with Crippen LogP contribution < -0.4 is 10.6 Å². The zero-order valence-corrected chi connectivity index (χ0v) is 22.1. The van der Waals surface area contributed by atoms with Crippen LogP contribution in [0.1, 0.15) is 36.0 Å². The van der Waals surface area contributed by atoms with Crippen LogP contribution in [-0.4, -0.2) is 71.5 Å². The van der Waals surface area contributed by atoms with Crippen LogP contribution in [0.5, 0.6) is 0 Å². The fourth-order valence-corrected chi connectivity index (χ4v) is 4.90. The van der Waals surface area contributed by atoms with E-state index in [1.165, 1.54) is 36.0 Å². The van der Waals surface area contributed by atoms with Crippen molar-refractivity contribution in [2.75, 3.05) is 25.5 Å². The summed E-state index contributed by atoms with van der Waals surface area (Å²) in [7, 11) is 5.67. The smallest absolute Gasteiger partial charge is 0.319 e. The van der Waals surface area contributed by atoms with E-state index in [-0.39, 0.29) is 6.03 Å². The summed E-state index contributed by atoms with van der Waals surface area (Å²) < 4.78 is 3.14. The maximum Gasteiger partial charge on any atom is 0.319 e. The second kappa shape index (κ2) is 11.5. The molecule has 0 fully saturated rings. The molecule has 2 aromatic carbocycles. The first-order chi connectivity index (χ1) is 18.5. The van der Waals surface area contributed by atoms with Gasteiger partial charge < -0.3 is 15.5 Å². The Morgan fingerprint density at radius 2 is 1.61 bits per heavy atom. The number of carbonyl (C=O) groups is 1. The van der Waals surface area contributed by atoms with Gasteiger partial charge in [-0.1, -0.05) is 18.2 Å². The Balaban J connectivity index is 1.12. The molecule has 2 N–H and O–H groups in total. The Morgan fingerprint density at radius 1 is 0.921 bits per heavy atom. The largest absolute Gasteiger partial charge is 0.338 e. The highest BCUT2D eigenvalue weighted by Gasteiger charge is 2.15. The van der Waals surface area contributed by atoms with Gasteiger partial charge in [-0.05, 0) is 101 Å². The molecule has 0 radical (unpaired) electrons. The quantitative estimate of drug-likeness (QED) is 0.308. The summed E-state index contributed by atoms with van der Waals surface area (Å²) in [5.41, 5.74) is 6.47. The first-order valence-corrected chi connectivity index (χ1v) is 12.9. The van der Waals surface area contributed by atoms with Gasteiger partial charge in [0.1, 0.15) is 0 Å². The third-order valence-corrected chi connectivity index (χ3v) is 6.82. The van der Waals surface area contributed by atoms with E-state index in [4.69, 9.17) is 0 Å². The van der Waals surface area contributed by atoms with E-state index in [2.05, 4.69) is 71.8 Å². The van der Waals surface area contributed by atoms with E-state index in [0.717, 1.165) is 37.1 Å². The fourth-order valence-electron chi connectivity index (χ4n) is 4.90. The first-order valence-electron chi connectivity index (χ1n) is 12.9. The molecule has 198 valence electrons. The van der Waals surface area contributed by atoms with Gasteiger partial charge in [-0.15, -0.1) is 10.2 Å². The van der Waals surface area contributed by atoms with Crippen molar-refractivity contribution in [1.82, 2.24) is 50.6 Å². The lowest BCUT2D eigenvalue weighted by atomic mass is 10.1.